The van der Waals surface area contributed by atoms with E-state index in [1.807, 2.05) is 6.92 Å². The molecule has 2 nitrogen and oxygen atoms in total. The van der Waals surface area contributed by atoms with Gasteiger partial charge >= 0.3 is 5.97 Å². The Morgan fingerprint density at radius 3 is 2.29 bits per heavy atom. The first-order valence-electron chi connectivity index (χ1n) is 8.84. The molecule has 0 fully saturated rings. The molecule has 2 rings (SSSR count). The number of carbonyl (C=O) groups is 1. The summed E-state index contributed by atoms with van der Waals surface area (Å²) in [5.41, 5.74) is 6.31. The lowest BCUT2D eigenvalue weighted by atomic mass is 9.95. The molecule has 24 heavy (non-hydrogen) atoms. The number of ether oxygens (including phenoxy) is 1. The number of hydrogen-bond acceptors (Lipinski definition) is 2. The molecule has 0 aromatic heterocycles. The van der Waals surface area contributed by atoms with Gasteiger partial charge in [-0.1, -0.05) is 56.3 Å². The van der Waals surface area contributed by atoms with E-state index in [1.54, 1.807) is 0 Å². The smallest absolute Gasteiger partial charge is 0.306 e. The normalized spacial score (nSPS) is 10.9. The van der Waals surface area contributed by atoms with Gasteiger partial charge in [0.1, 0.15) is 0 Å². The Balaban J connectivity index is 2.07. The highest BCUT2D eigenvalue weighted by atomic mass is 16.5. The van der Waals surface area contributed by atoms with Crippen LogP contribution in [0.5, 0.6) is 0 Å². The van der Waals surface area contributed by atoms with Gasteiger partial charge < -0.3 is 4.74 Å². The third-order valence-electron chi connectivity index (χ3n) is 4.12. The Kier molecular flexibility index (Phi) is 6.60. The number of benzene rings is 2. The second-order valence-electron chi connectivity index (χ2n) is 6.75. The van der Waals surface area contributed by atoms with Gasteiger partial charge in [-0.3, -0.25) is 4.79 Å². The third-order valence-corrected chi connectivity index (χ3v) is 4.12. The zero-order valence-corrected chi connectivity index (χ0v) is 15.3. The first kappa shape index (κ1) is 18.3. The van der Waals surface area contributed by atoms with Gasteiger partial charge in [-0.15, -0.1) is 0 Å². The van der Waals surface area contributed by atoms with E-state index in [0.717, 1.165) is 12.8 Å². The topological polar surface area (TPSA) is 26.3 Å². The summed E-state index contributed by atoms with van der Waals surface area (Å²) in [5.74, 6) is 0.552. The van der Waals surface area contributed by atoms with Crippen LogP contribution in [-0.2, 0) is 22.4 Å². The monoisotopic (exact) mass is 324 g/mol. The lowest BCUT2D eigenvalue weighted by Crippen LogP contribution is -2.05. The van der Waals surface area contributed by atoms with Crippen LogP contribution >= 0.6 is 0 Å². The summed E-state index contributed by atoms with van der Waals surface area (Å²) in [6.07, 6.45) is 2.29. The van der Waals surface area contributed by atoms with E-state index < -0.39 is 0 Å². The highest BCUT2D eigenvalue weighted by Crippen LogP contribution is 2.25. The predicted molar refractivity (Wildman–Crippen MR) is 100 cm³/mol. The number of rotatable bonds is 7. The van der Waals surface area contributed by atoms with Gasteiger partial charge in [0.2, 0.25) is 0 Å². The Hall–Kier alpha value is -2.09. The number of hydrogen-bond donors (Lipinski definition) is 0. The van der Waals surface area contributed by atoms with Crippen LogP contribution in [0.3, 0.4) is 0 Å². The lowest BCUT2D eigenvalue weighted by Gasteiger charge is -2.11. The molecule has 0 saturated heterocycles. The number of esters is 1. The van der Waals surface area contributed by atoms with Crippen molar-refractivity contribution in [1.29, 1.82) is 0 Å². The van der Waals surface area contributed by atoms with Crippen molar-refractivity contribution < 1.29 is 9.53 Å². The van der Waals surface area contributed by atoms with Crippen molar-refractivity contribution in [2.24, 2.45) is 5.92 Å². The molecule has 0 aliphatic carbocycles. The minimum atomic E-state index is -0.125. The average molecular weight is 324 g/mol. The molecule has 0 aliphatic rings. The van der Waals surface area contributed by atoms with Crippen LogP contribution in [0.25, 0.3) is 11.1 Å². The second-order valence-corrected chi connectivity index (χ2v) is 6.75. The molecule has 0 amide bonds. The molecule has 0 N–H and O–H groups in total. The third kappa shape index (κ3) is 5.23. The fraction of sp³-hybridized carbons (Fsp3) is 0.409. The summed E-state index contributed by atoms with van der Waals surface area (Å²) in [5, 5.41) is 0. The summed E-state index contributed by atoms with van der Waals surface area (Å²) in [6.45, 7) is 8.90. The Morgan fingerprint density at radius 1 is 1.04 bits per heavy atom. The van der Waals surface area contributed by atoms with E-state index in [1.165, 1.54) is 27.8 Å². The highest BCUT2D eigenvalue weighted by Gasteiger charge is 2.07. The zero-order chi connectivity index (χ0) is 17.5. The molecule has 0 bridgehead atoms. The van der Waals surface area contributed by atoms with Crippen LogP contribution < -0.4 is 0 Å². The van der Waals surface area contributed by atoms with E-state index >= 15 is 0 Å². The maximum Gasteiger partial charge on any atom is 0.306 e. The van der Waals surface area contributed by atoms with Crippen molar-refractivity contribution in [2.45, 2.75) is 47.0 Å². The van der Waals surface area contributed by atoms with Crippen molar-refractivity contribution >= 4 is 5.97 Å². The van der Waals surface area contributed by atoms with E-state index in [9.17, 15) is 4.79 Å². The number of aryl methyl sites for hydroxylation is 2. The van der Waals surface area contributed by atoms with Crippen molar-refractivity contribution in [2.75, 3.05) is 6.61 Å². The van der Waals surface area contributed by atoms with Crippen LogP contribution in [0, 0.1) is 12.8 Å². The highest BCUT2D eigenvalue weighted by molar-refractivity contribution is 5.70. The van der Waals surface area contributed by atoms with Crippen LogP contribution in [0.1, 0.15) is 43.9 Å². The quantitative estimate of drug-likeness (QED) is 0.641. The van der Waals surface area contributed by atoms with E-state index in [-0.39, 0.29) is 5.97 Å². The Morgan fingerprint density at radius 2 is 1.71 bits per heavy atom. The van der Waals surface area contributed by atoms with Gasteiger partial charge in [-0.2, -0.15) is 0 Å². The average Bonchev–Trinajstić information content (AvgIpc) is 2.54. The van der Waals surface area contributed by atoms with Gasteiger partial charge in [-0.25, -0.2) is 0 Å². The summed E-state index contributed by atoms with van der Waals surface area (Å²) >= 11 is 0. The van der Waals surface area contributed by atoms with Crippen molar-refractivity contribution in [3.05, 3.63) is 59.2 Å². The van der Waals surface area contributed by atoms with Crippen molar-refractivity contribution in [3.8, 4) is 11.1 Å². The lowest BCUT2D eigenvalue weighted by molar-refractivity contribution is -0.143. The Bertz CT molecular complexity index is 669. The summed E-state index contributed by atoms with van der Waals surface area (Å²) in [4.78, 5) is 11.5. The molecule has 128 valence electrons. The molecule has 0 radical (unpaired) electrons. The molecular weight excluding hydrogens is 296 g/mol. The molecule has 0 aliphatic heterocycles. The second kappa shape index (κ2) is 8.68. The van der Waals surface area contributed by atoms with Gasteiger partial charge in [0.15, 0.2) is 0 Å². The van der Waals surface area contributed by atoms with E-state index in [2.05, 4.69) is 63.2 Å². The number of carbonyl (C=O) groups excluding carboxylic acids is 1. The SMILES string of the molecule is CCOC(=O)CCc1ccc(-c2ccc(CC(C)C)cc2)c(C)c1. The van der Waals surface area contributed by atoms with Gasteiger partial charge in [0.05, 0.1) is 6.61 Å². The largest absolute Gasteiger partial charge is 0.466 e. The molecule has 0 heterocycles. The summed E-state index contributed by atoms with van der Waals surface area (Å²) < 4.78 is 4.99. The molecule has 0 spiro atoms. The maximum absolute atomic E-state index is 11.5. The molecule has 2 aromatic carbocycles. The van der Waals surface area contributed by atoms with Gasteiger partial charge in [0, 0.05) is 6.42 Å². The molecule has 0 unspecified atom stereocenters. The predicted octanol–water partition coefficient (Wildman–Crippen LogP) is 5.36. The molecular formula is C22H28O2. The summed E-state index contributed by atoms with van der Waals surface area (Å²) in [6, 6.07) is 15.3. The fourth-order valence-electron chi connectivity index (χ4n) is 2.98. The van der Waals surface area contributed by atoms with E-state index in [4.69, 9.17) is 4.74 Å². The van der Waals surface area contributed by atoms with Gasteiger partial charge in [0.25, 0.3) is 0 Å². The fourth-order valence-corrected chi connectivity index (χ4v) is 2.98. The van der Waals surface area contributed by atoms with Crippen LogP contribution in [-0.4, -0.2) is 12.6 Å². The molecule has 2 aromatic rings. The van der Waals surface area contributed by atoms with Crippen LogP contribution in [0.15, 0.2) is 42.5 Å². The first-order valence-corrected chi connectivity index (χ1v) is 8.84. The first-order chi connectivity index (χ1) is 11.5. The van der Waals surface area contributed by atoms with E-state index in [0.29, 0.717) is 18.9 Å². The van der Waals surface area contributed by atoms with Crippen LogP contribution in [0.4, 0.5) is 0 Å². The van der Waals surface area contributed by atoms with Crippen molar-refractivity contribution in [1.82, 2.24) is 0 Å². The molecule has 0 atom stereocenters. The summed E-state index contributed by atoms with van der Waals surface area (Å²) in [7, 11) is 0. The Labute approximate surface area is 145 Å². The minimum Gasteiger partial charge on any atom is -0.466 e. The van der Waals surface area contributed by atoms with Crippen LogP contribution in [0.2, 0.25) is 0 Å². The van der Waals surface area contributed by atoms with Gasteiger partial charge in [-0.05, 0) is 60.4 Å². The molecule has 2 heteroatoms. The van der Waals surface area contributed by atoms with Crippen molar-refractivity contribution in [3.63, 3.8) is 0 Å². The molecule has 0 saturated carbocycles. The minimum absolute atomic E-state index is 0.125. The maximum atomic E-state index is 11.5. The standard InChI is InChI=1S/C22H28O2/c1-5-24-22(23)13-9-19-8-12-21(17(4)15-19)20-10-6-18(7-11-20)14-16(2)3/h6-8,10-12,15-16H,5,9,13-14H2,1-4H3. The zero-order valence-electron chi connectivity index (χ0n) is 15.3.